The molecule has 0 spiro atoms. The second kappa shape index (κ2) is 8.80. The van der Waals surface area contributed by atoms with Gasteiger partial charge in [-0.05, 0) is 52.7 Å². The first-order valence-electron chi connectivity index (χ1n) is 10.7. The largest absolute Gasteiger partial charge is 0.507 e. The number of nitrogens with zero attached hydrogens (tertiary/aromatic N) is 1. The Bertz CT molecular complexity index is 1440. The minimum atomic E-state index is -0.803. The third-order valence-corrected chi connectivity index (χ3v) is 6.56. The van der Waals surface area contributed by atoms with E-state index >= 15 is 0 Å². The lowest BCUT2D eigenvalue weighted by Crippen LogP contribution is -2.29. The fraction of sp³-hybridized carbons (Fsp3) is 0.0714. The zero-order valence-electron chi connectivity index (χ0n) is 18.2. The van der Waals surface area contributed by atoms with E-state index in [1.54, 1.807) is 55.6 Å². The second-order valence-electron chi connectivity index (χ2n) is 7.94. The van der Waals surface area contributed by atoms with Crippen LogP contribution in [0.4, 0.5) is 5.69 Å². The Kier molecular flexibility index (Phi) is 5.67. The van der Waals surface area contributed by atoms with E-state index < -0.39 is 17.7 Å². The molecule has 5 rings (SSSR count). The minimum Gasteiger partial charge on any atom is -0.507 e. The van der Waals surface area contributed by atoms with Gasteiger partial charge in [-0.15, -0.1) is 0 Å². The number of Topliss-reactive ketones (excluding diaryl/α,β-unsaturated/α-hetero) is 1. The topological polar surface area (TPSA) is 66.8 Å². The molecule has 0 radical (unpaired) electrons. The minimum absolute atomic E-state index is 0.0551. The summed E-state index contributed by atoms with van der Waals surface area (Å²) in [5.74, 6) is -0.993. The number of ketones is 1. The molecule has 34 heavy (non-hydrogen) atoms. The molecule has 0 aliphatic carbocycles. The molecular formula is C28H20BrNO4. The van der Waals surface area contributed by atoms with Crippen molar-refractivity contribution >= 4 is 49.8 Å². The Morgan fingerprint density at radius 2 is 1.56 bits per heavy atom. The summed E-state index contributed by atoms with van der Waals surface area (Å²) in [4.78, 5) is 28.2. The zero-order chi connectivity index (χ0) is 23.8. The van der Waals surface area contributed by atoms with Crippen LogP contribution in [-0.2, 0) is 9.59 Å². The summed E-state index contributed by atoms with van der Waals surface area (Å²) in [5, 5.41) is 13.2. The Hall–Kier alpha value is -3.90. The molecule has 0 aromatic heterocycles. The lowest BCUT2D eigenvalue weighted by Gasteiger charge is -2.26. The molecule has 1 heterocycles. The molecule has 4 aromatic rings. The highest BCUT2D eigenvalue weighted by Gasteiger charge is 2.47. The summed E-state index contributed by atoms with van der Waals surface area (Å²) in [7, 11) is 1.57. The molecule has 168 valence electrons. The maximum atomic E-state index is 13.4. The van der Waals surface area contributed by atoms with Gasteiger partial charge in [-0.25, -0.2) is 0 Å². The van der Waals surface area contributed by atoms with Crippen molar-refractivity contribution in [2.45, 2.75) is 6.04 Å². The Morgan fingerprint density at radius 1 is 0.882 bits per heavy atom. The quantitative estimate of drug-likeness (QED) is 0.199. The van der Waals surface area contributed by atoms with Crippen molar-refractivity contribution in [2.24, 2.45) is 0 Å². The molecule has 1 atom stereocenters. The number of hydrogen-bond acceptors (Lipinski definition) is 4. The predicted octanol–water partition coefficient (Wildman–Crippen LogP) is 6.24. The number of methoxy groups -OCH3 is 1. The monoisotopic (exact) mass is 513 g/mol. The number of fused-ring (bicyclic) bond motifs is 1. The molecule has 1 N–H and O–H groups in total. The van der Waals surface area contributed by atoms with Crippen molar-refractivity contribution < 1.29 is 19.4 Å². The Balaban J connectivity index is 1.78. The van der Waals surface area contributed by atoms with Gasteiger partial charge in [0.2, 0.25) is 0 Å². The predicted molar refractivity (Wildman–Crippen MR) is 136 cm³/mol. The SMILES string of the molecule is COc1ccc(N2C(=O)C(=O)/C(=C(\O)c3ccc(Br)cc3)C2c2cccc3ccccc23)cc1. The van der Waals surface area contributed by atoms with Crippen LogP contribution in [-0.4, -0.2) is 23.9 Å². The molecule has 5 nitrogen and oxygen atoms in total. The molecule has 1 fully saturated rings. The highest BCUT2D eigenvalue weighted by Crippen LogP contribution is 2.44. The van der Waals surface area contributed by atoms with Crippen molar-refractivity contribution in [2.75, 3.05) is 12.0 Å². The summed E-state index contributed by atoms with van der Waals surface area (Å²) < 4.78 is 6.09. The number of carbonyl (C=O) groups is 2. The van der Waals surface area contributed by atoms with E-state index in [1.165, 1.54) is 4.90 Å². The van der Waals surface area contributed by atoms with Crippen LogP contribution >= 0.6 is 15.9 Å². The molecule has 0 bridgehead atoms. The number of aliphatic hydroxyl groups excluding tert-OH is 1. The smallest absolute Gasteiger partial charge is 0.300 e. The number of anilines is 1. The number of halogens is 1. The van der Waals surface area contributed by atoms with Gasteiger partial charge >= 0.3 is 0 Å². The van der Waals surface area contributed by atoms with Crippen LogP contribution in [0, 0.1) is 0 Å². The molecule has 4 aromatic carbocycles. The third-order valence-electron chi connectivity index (χ3n) is 6.03. The molecule has 6 heteroatoms. The van der Waals surface area contributed by atoms with E-state index in [1.807, 2.05) is 42.5 Å². The molecular weight excluding hydrogens is 494 g/mol. The molecule has 1 saturated heterocycles. The van der Waals surface area contributed by atoms with Gasteiger partial charge < -0.3 is 9.84 Å². The molecule has 0 saturated carbocycles. The van der Waals surface area contributed by atoms with Gasteiger partial charge in [-0.1, -0.05) is 70.5 Å². The molecule has 1 aliphatic rings. The second-order valence-corrected chi connectivity index (χ2v) is 8.86. The first-order valence-corrected chi connectivity index (χ1v) is 11.5. The van der Waals surface area contributed by atoms with Crippen LogP contribution in [0.5, 0.6) is 5.75 Å². The van der Waals surface area contributed by atoms with E-state index in [4.69, 9.17) is 4.74 Å². The number of carbonyl (C=O) groups excluding carboxylic acids is 2. The van der Waals surface area contributed by atoms with E-state index in [2.05, 4.69) is 15.9 Å². The van der Waals surface area contributed by atoms with Crippen LogP contribution in [0.2, 0.25) is 0 Å². The van der Waals surface area contributed by atoms with Crippen LogP contribution < -0.4 is 9.64 Å². The molecule has 1 unspecified atom stereocenters. The number of amides is 1. The lowest BCUT2D eigenvalue weighted by atomic mass is 9.91. The maximum absolute atomic E-state index is 13.4. The highest BCUT2D eigenvalue weighted by atomic mass is 79.9. The Morgan fingerprint density at radius 3 is 2.26 bits per heavy atom. The third kappa shape index (κ3) is 3.66. The summed E-state index contributed by atoms with van der Waals surface area (Å²) in [6.45, 7) is 0. The molecule has 1 amide bonds. The summed E-state index contributed by atoms with van der Waals surface area (Å²) in [6.07, 6.45) is 0. The van der Waals surface area contributed by atoms with Crippen molar-refractivity contribution in [3.05, 3.63) is 112 Å². The van der Waals surface area contributed by atoms with Gasteiger partial charge in [0.25, 0.3) is 11.7 Å². The number of aliphatic hydroxyl groups is 1. The summed E-state index contributed by atoms with van der Waals surface area (Å²) in [6, 6.07) is 26.7. The van der Waals surface area contributed by atoms with Gasteiger partial charge in [-0.2, -0.15) is 0 Å². The fourth-order valence-corrected chi connectivity index (χ4v) is 4.65. The number of ether oxygens (including phenoxy) is 1. The van der Waals surface area contributed by atoms with E-state index in [0.29, 0.717) is 17.0 Å². The normalized spacial score (nSPS) is 17.4. The highest BCUT2D eigenvalue weighted by molar-refractivity contribution is 9.10. The van der Waals surface area contributed by atoms with E-state index in [-0.39, 0.29) is 11.3 Å². The van der Waals surface area contributed by atoms with Gasteiger partial charge in [0.1, 0.15) is 11.5 Å². The number of benzene rings is 4. The standard InChI is InChI=1S/C28H20BrNO4/c1-34-21-15-13-20(14-16-21)30-25(23-8-4-6-17-5-2-3-7-22(17)23)24(27(32)28(30)33)26(31)18-9-11-19(29)12-10-18/h2-16,25,31H,1H3/b26-24-. The van der Waals surface area contributed by atoms with Crippen molar-refractivity contribution in [1.82, 2.24) is 0 Å². The molecule has 1 aliphatic heterocycles. The summed E-state index contributed by atoms with van der Waals surface area (Å²) >= 11 is 3.39. The van der Waals surface area contributed by atoms with Crippen molar-refractivity contribution in [1.29, 1.82) is 0 Å². The average molecular weight is 514 g/mol. The fourth-order valence-electron chi connectivity index (χ4n) is 4.39. The first-order chi connectivity index (χ1) is 16.5. The zero-order valence-corrected chi connectivity index (χ0v) is 19.8. The van der Waals surface area contributed by atoms with E-state index in [9.17, 15) is 14.7 Å². The van der Waals surface area contributed by atoms with Crippen LogP contribution in [0.1, 0.15) is 17.2 Å². The first kappa shape index (κ1) is 21.9. The van der Waals surface area contributed by atoms with Gasteiger partial charge in [0, 0.05) is 15.7 Å². The number of hydrogen-bond donors (Lipinski definition) is 1. The van der Waals surface area contributed by atoms with Gasteiger partial charge in [-0.3, -0.25) is 14.5 Å². The van der Waals surface area contributed by atoms with Gasteiger partial charge in [0.15, 0.2) is 0 Å². The van der Waals surface area contributed by atoms with Crippen LogP contribution in [0.15, 0.2) is 101 Å². The van der Waals surface area contributed by atoms with Gasteiger partial charge in [0.05, 0.1) is 18.7 Å². The van der Waals surface area contributed by atoms with Crippen LogP contribution in [0.25, 0.3) is 16.5 Å². The lowest BCUT2D eigenvalue weighted by molar-refractivity contribution is -0.132. The van der Waals surface area contributed by atoms with Crippen molar-refractivity contribution in [3.63, 3.8) is 0 Å². The summed E-state index contributed by atoms with van der Waals surface area (Å²) in [5.41, 5.74) is 1.81. The van der Waals surface area contributed by atoms with E-state index in [0.717, 1.165) is 20.8 Å². The van der Waals surface area contributed by atoms with Crippen molar-refractivity contribution in [3.8, 4) is 5.75 Å². The maximum Gasteiger partial charge on any atom is 0.300 e. The Labute approximate surface area is 205 Å². The van der Waals surface area contributed by atoms with Crippen LogP contribution in [0.3, 0.4) is 0 Å². The number of rotatable bonds is 4. The average Bonchev–Trinajstić information content (AvgIpc) is 3.14.